The van der Waals surface area contributed by atoms with Crippen molar-refractivity contribution in [3.8, 4) is 5.75 Å². The lowest BCUT2D eigenvalue weighted by atomic mass is 9.86. The molecule has 0 spiro atoms. The minimum Gasteiger partial charge on any atom is -0.497 e. The lowest BCUT2D eigenvalue weighted by molar-refractivity contribution is 0.0919. The topological polar surface area (TPSA) is 47.3 Å². The number of aromatic nitrogens is 2. The summed E-state index contributed by atoms with van der Waals surface area (Å²) in [5.74, 6) is 0.787. The van der Waals surface area contributed by atoms with E-state index in [4.69, 9.17) is 4.74 Å². The molecule has 3 rings (SSSR count). The average Bonchev–Trinajstić information content (AvgIpc) is 2.85. The van der Waals surface area contributed by atoms with Gasteiger partial charge in [-0.1, -0.05) is 6.07 Å². The van der Waals surface area contributed by atoms with Crippen LogP contribution in [0.4, 0.5) is 0 Å². The minimum atomic E-state index is -0.529. The van der Waals surface area contributed by atoms with Crippen LogP contribution in [0.3, 0.4) is 0 Å². The molecule has 2 atom stereocenters. The van der Waals surface area contributed by atoms with E-state index in [1.165, 1.54) is 5.56 Å². The van der Waals surface area contributed by atoms with E-state index in [0.29, 0.717) is 0 Å². The van der Waals surface area contributed by atoms with Gasteiger partial charge in [0, 0.05) is 6.20 Å². The molecule has 0 saturated heterocycles. The van der Waals surface area contributed by atoms with Crippen LogP contribution in [0.25, 0.3) is 0 Å². The van der Waals surface area contributed by atoms with Gasteiger partial charge >= 0.3 is 0 Å². The van der Waals surface area contributed by atoms with Gasteiger partial charge < -0.3 is 9.84 Å². The first kappa shape index (κ1) is 12.2. The van der Waals surface area contributed by atoms with Crippen LogP contribution < -0.4 is 4.74 Å². The van der Waals surface area contributed by atoms with Crippen molar-refractivity contribution >= 4 is 0 Å². The van der Waals surface area contributed by atoms with Crippen LogP contribution in [-0.2, 0) is 6.42 Å². The highest BCUT2D eigenvalue weighted by Crippen LogP contribution is 2.38. The van der Waals surface area contributed by atoms with Gasteiger partial charge in [0.1, 0.15) is 11.9 Å². The molecule has 1 N–H and O–H groups in total. The first-order valence-electron chi connectivity index (χ1n) is 6.54. The Morgan fingerprint density at radius 2 is 2.26 bits per heavy atom. The number of aliphatic hydroxyl groups is 1. The molecule has 2 aromatic rings. The van der Waals surface area contributed by atoms with E-state index in [0.717, 1.165) is 29.7 Å². The van der Waals surface area contributed by atoms with Crippen molar-refractivity contribution in [1.82, 2.24) is 9.78 Å². The minimum absolute atomic E-state index is 0.00769. The van der Waals surface area contributed by atoms with Gasteiger partial charge in [0.2, 0.25) is 0 Å². The second-order valence-corrected chi connectivity index (χ2v) is 5.11. The summed E-state index contributed by atoms with van der Waals surface area (Å²) in [6, 6.07) is 5.93. The molecule has 1 aliphatic carbocycles. The molecule has 0 amide bonds. The number of rotatable bonds is 2. The van der Waals surface area contributed by atoms with Crippen molar-refractivity contribution in [3.05, 3.63) is 47.3 Å². The normalized spacial score (nSPS) is 22.1. The Bertz CT molecular complexity index is 592. The van der Waals surface area contributed by atoms with Crippen molar-refractivity contribution in [2.45, 2.75) is 31.9 Å². The summed E-state index contributed by atoms with van der Waals surface area (Å²) in [7, 11) is 1.64. The Balaban J connectivity index is 1.96. The molecule has 4 heteroatoms. The number of methoxy groups -OCH3 is 1. The van der Waals surface area contributed by atoms with E-state index >= 15 is 0 Å². The van der Waals surface area contributed by atoms with Crippen LogP contribution in [0.15, 0.2) is 30.6 Å². The number of ether oxygens (including phenoxy) is 1. The summed E-state index contributed by atoms with van der Waals surface area (Å²) in [6.07, 6.45) is 5.15. The van der Waals surface area contributed by atoms with Gasteiger partial charge in [-0.3, -0.25) is 4.68 Å². The second-order valence-electron chi connectivity index (χ2n) is 5.11. The first-order chi connectivity index (χ1) is 9.19. The van der Waals surface area contributed by atoms with E-state index < -0.39 is 6.10 Å². The van der Waals surface area contributed by atoms with Gasteiger partial charge in [-0.05, 0) is 48.6 Å². The quantitative estimate of drug-likeness (QED) is 0.900. The third-order valence-electron chi connectivity index (χ3n) is 3.82. The van der Waals surface area contributed by atoms with E-state index in [1.807, 2.05) is 42.2 Å². The Morgan fingerprint density at radius 3 is 2.95 bits per heavy atom. The zero-order chi connectivity index (χ0) is 13.4. The fourth-order valence-corrected chi connectivity index (χ4v) is 2.76. The zero-order valence-electron chi connectivity index (χ0n) is 11.2. The Labute approximate surface area is 112 Å². The highest BCUT2D eigenvalue weighted by Gasteiger charge is 2.30. The summed E-state index contributed by atoms with van der Waals surface area (Å²) in [4.78, 5) is 0. The maximum absolute atomic E-state index is 10.6. The molecule has 1 aromatic carbocycles. The monoisotopic (exact) mass is 258 g/mol. The van der Waals surface area contributed by atoms with Crippen LogP contribution in [-0.4, -0.2) is 22.0 Å². The first-order valence-corrected chi connectivity index (χ1v) is 6.54. The molecule has 0 fully saturated rings. The molecule has 1 aromatic heterocycles. The second kappa shape index (κ2) is 4.70. The number of benzene rings is 1. The largest absolute Gasteiger partial charge is 0.497 e. The lowest BCUT2D eigenvalue weighted by Crippen LogP contribution is -2.24. The molecule has 1 heterocycles. The lowest BCUT2D eigenvalue weighted by Gasteiger charge is -2.30. The summed E-state index contributed by atoms with van der Waals surface area (Å²) in [5, 5.41) is 14.9. The molecule has 0 bridgehead atoms. The Hall–Kier alpha value is -1.81. The molecular formula is C15H18N2O2. The van der Waals surface area contributed by atoms with Gasteiger partial charge in [0.15, 0.2) is 0 Å². The van der Waals surface area contributed by atoms with E-state index in [9.17, 15) is 5.11 Å². The molecule has 2 unspecified atom stereocenters. The predicted octanol–water partition coefficient (Wildman–Crippen LogP) is 2.42. The van der Waals surface area contributed by atoms with Gasteiger partial charge in [-0.15, -0.1) is 0 Å². The molecule has 0 saturated carbocycles. The SMILES string of the molecule is COc1ccc2c(c1)C(O)C(n1cc(C)cn1)CC2. The molecule has 0 aliphatic heterocycles. The van der Waals surface area contributed by atoms with Crippen molar-refractivity contribution in [2.75, 3.05) is 7.11 Å². The third-order valence-corrected chi connectivity index (χ3v) is 3.82. The molecule has 1 aliphatic rings. The molecule has 100 valence electrons. The maximum Gasteiger partial charge on any atom is 0.119 e. The van der Waals surface area contributed by atoms with Crippen LogP contribution in [0.5, 0.6) is 5.75 Å². The number of fused-ring (bicyclic) bond motifs is 1. The van der Waals surface area contributed by atoms with Crippen LogP contribution in [0.1, 0.15) is 35.3 Å². The number of hydrogen-bond donors (Lipinski definition) is 1. The zero-order valence-corrected chi connectivity index (χ0v) is 11.2. The van der Waals surface area contributed by atoms with E-state index in [2.05, 4.69) is 5.10 Å². The fourth-order valence-electron chi connectivity index (χ4n) is 2.76. The van der Waals surface area contributed by atoms with Crippen LogP contribution in [0, 0.1) is 6.92 Å². The third kappa shape index (κ3) is 2.12. The average molecular weight is 258 g/mol. The summed E-state index contributed by atoms with van der Waals surface area (Å²) in [6.45, 7) is 2.01. The number of aryl methyl sites for hydroxylation is 2. The summed E-state index contributed by atoms with van der Waals surface area (Å²) < 4.78 is 7.12. The highest BCUT2D eigenvalue weighted by atomic mass is 16.5. The van der Waals surface area contributed by atoms with Crippen molar-refractivity contribution in [1.29, 1.82) is 0 Å². The van der Waals surface area contributed by atoms with Crippen molar-refractivity contribution in [2.24, 2.45) is 0 Å². The number of aliphatic hydroxyl groups excluding tert-OH is 1. The molecule has 0 radical (unpaired) electrons. The van der Waals surface area contributed by atoms with Gasteiger partial charge in [-0.2, -0.15) is 5.10 Å². The number of hydrogen-bond acceptors (Lipinski definition) is 3. The van der Waals surface area contributed by atoms with E-state index in [-0.39, 0.29) is 6.04 Å². The van der Waals surface area contributed by atoms with Gasteiger partial charge in [-0.25, -0.2) is 0 Å². The Morgan fingerprint density at radius 1 is 1.42 bits per heavy atom. The molecule has 19 heavy (non-hydrogen) atoms. The summed E-state index contributed by atoms with van der Waals surface area (Å²) >= 11 is 0. The van der Waals surface area contributed by atoms with E-state index in [1.54, 1.807) is 7.11 Å². The summed E-state index contributed by atoms with van der Waals surface area (Å²) in [5.41, 5.74) is 3.28. The predicted molar refractivity (Wildman–Crippen MR) is 72.3 cm³/mol. The maximum atomic E-state index is 10.6. The number of nitrogens with zero attached hydrogens (tertiary/aromatic N) is 2. The van der Waals surface area contributed by atoms with Crippen molar-refractivity contribution in [3.63, 3.8) is 0 Å². The van der Waals surface area contributed by atoms with Gasteiger partial charge in [0.05, 0.1) is 19.3 Å². The Kier molecular flexibility index (Phi) is 3.03. The van der Waals surface area contributed by atoms with Crippen molar-refractivity contribution < 1.29 is 9.84 Å². The molecular weight excluding hydrogens is 240 g/mol. The van der Waals surface area contributed by atoms with Crippen LogP contribution >= 0.6 is 0 Å². The van der Waals surface area contributed by atoms with Gasteiger partial charge in [0.25, 0.3) is 0 Å². The molecule has 4 nitrogen and oxygen atoms in total. The fraction of sp³-hybridized carbons (Fsp3) is 0.400. The highest BCUT2D eigenvalue weighted by molar-refractivity contribution is 5.39. The standard InChI is InChI=1S/C15H18N2O2/c1-10-8-16-17(9-10)14-6-4-11-3-5-12(19-2)7-13(11)15(14)18/h3,5,7-9,14-15,18H,4,6H2,1-2H3. The van der Waals surface area contributed by atoms with Crippen LogP contribution in [0.2, 0.25) is 0 Å². The smallest absolute Gasteiger partial charge is 0.119 e.